The summed E-state index contributed by atoms with van der Waals surface area (Å²) in [4.78, 5) is 26.3. The Balaban J connectivity index is 1.54. The number of nitrogens with one attached hydrogen (secondary N) is 1. The van der Waals surface area contributed by atoms with Crippen molar-refractivity contribution < 1.29 is 19.1 Å². The normalized spacial score (nSPS) is 20.2. The van der Waals surface area contributed by atoms with Crippen molar-refractivity contribution in [2.45, 2.75) is 39.5 Å². The van der Waals surface area contributed by atoms with Gasteiger partial charge in [-0.05, 0) is 53.3 Å². The Bertz CT molecular complexity index is 1030. The summed E-state index contributed by atoms with van der Waals surface area (Å²) in [5.41, 5.74) is 3.74. The quantitative estimate of drug-likeness (QED) is 0.510. The van der Waals surface area contributed by atoms with Gasteiger partial charge >= 0.3 is 5.97 Å². The van der Waals surface area contributed by atoms with Crippen molar-refractivity contribution in [1.29, 1.82) is 0 Å². The van der Waals surface area contributed by atoms with Crippen LogP contribution in [0.4, 0.5) is 0 Å². The van der Waals surface area contributed by atoms with E-state index in [-0.39, 0.29) is 24.4 Å². The number of ether oxygens (including phenoxy) is 2. The van der Waals surface area contributed by atoms with E-state index >= 15 is 0 Å². The number of esters is 1. The standard InChI is InChI=1S/C25H27NO4S/c1-16-21(24(28)30-11-10-29-18-7-5-4-6-8-18)22(17-9-12-31-15-17)23-19(26-16)13-25(2,3)14-20(23)27/h4-9,12,15,22,26H,10-11,13-14H2,1-3H3/t22-/m0/s1. The molecule has 4 rings (SSSR count). The largest absolute Gasteiger partial charge is 0.490 e. The predicted octanol–water partition coefficient (Wildman–Crippen LogP) is 4.97. The summed E-state index contributed by atoms with van der Waals surface area (Å²) in [7, 11) is 0. The van der Waals surface area contributed by atoms with E-state index in [9.17, 15) is 9.59 Å². The van der Waals surface area contributed by atoms with Gasteiger partial charge in [0.1, 0.15) is 19.0 Å². The molecule has 1 N–H and O–H groups in total. The van der Waals surface area contributed by atoms with E-state index in [0.717, 1.165) is 29.1 Å². The monoisotopic (exact) mass is 437 g/mol. The molecule has 162 valence electrons. The molecule has 1 aliphatic carbocycles. The molecule has 0 amide bonds. The van der Waals surface area contributed by atoms with E-state index in [1.165, 1.54) is 0 Å². The number of hydrogen-bond acceptors (Lipinski definition) is 6. The number of benzene rings is 1. The molecule has 31 heavy (non-hydrogen) atoms. The molecule has 0 fully saturated rings. The van der Waals surface area contributed by atoms with Crippen LogP contribution in [0.5, 0.6) is 5.75 Å². The molecular formula is C25H27NO4S. The van der Waals surface area contributed by atoms with Crippen LogP contribution in [0.15, 0.2) is 69.7 Å². The lowest BCUT2D eigenvalue weighted by atomic mass is 9.69. The Labute approximate surface area is 186 Å². The molecule has 2 aliphatic rings. The zero-order chi connectivity index (χ0) is 22.0. The summed E-state index contributed by atoms with van der Waals surface area (Å²) in [5.74, 6) is 0.0190. The fourth-order valence-corrected chi connectivity index (χ4v) is 5.05. The van der Waals surface area contributed by atoms with E-state index < -0.39 is 11.9 Å². The lowest BCUT2D eigenvalue weighted by molar-refractivity contribution is -0.140. The summed E-state index contributed by atoms with van der Waals surface area (Å²) < 4.78 is 11.2. The van der Waals surface area contributed by atoms with Gasteiger partial charge in [0.25, 0.3) is 0 Å². The van der Waals surface area contributed by atoms with Crippen LogP contribution in [0.3, 0.4) is 0 Å². The Morgan fingerprint density at radius 3 is 2.65 bits per heavy atom. The van der Waals surface area contributed by atoms with E-state index in [0.29, 0.717) is 17.6 Å². The van der Waals surface area contributed by atoms with Gasteiger partial charge in [0.05, 0.1) is 5.57 Å². The third kappa shape index (κ3) is 4.59. The molecule has 0 saturated carbocycles. The minimum atomic E-state index is -0.415. The lowest BCUT2D eigenvalue weighted by Gasteiger charge is -2.39. The van der Waals surface area contributed by atoms with Crippen molar-refractivity contribution in [2.75, 3.05) is 13.2 Å². The highest BCUT2D eigenvalue weighted by Gasteiger charge is 2.43. The van der Waals surface area contributed by atoms with Crippen LogP contribution in [0.25, 0.3) is 0 Å². The van der Waals surface area contributed by atoms with Crippen LogP contribution < -0.4 is 10.1 Å². The molecule has 0 bridgehead atoms. The molecule has 1 atom stereocenters. The van der Waals surface area contributed by atoms with Crippen LogP contribution >= 0.6 is 11.3 Å². The van der Waals surface area contributed by atoms with Crippen molar-refractivity contribution in [3.8, 4) is 5.75 Å². The number of rotatable bonds is 6. The minimum absolute atomic E-state index is 0.0974. The Morgan fingerprint density at radius 2 is 1.94 bits per heavy atom. The highest BCUT2D eigenvalue weighted by Crippen LogP contribution is 2.47. The van der Waals surface area contributed by atoms with Gasteiger partial charge in [-0.15, -0.1) is 0 Å². The maximum Gasteiger partial charge on any atom is 0.336 e. The molecule has 0 spiro atoms. The van der Waals surface area contributed by atoms with Crippen LogP contribution in [0, 0.1) is 5.41 Å². The van der Waals surface area contributed by atoms with Crippen molar-refractivity contribution in [3.63, 3.8) is 0 Å². The zero-order valence-electron chi connectivity index (χ0n) is 18.1. The third-order valence-corrected chi connectivity index (χ3v) is 6.37. The molecule has 5 nitrogen and oxygen atoms in total. The first kappa shape index (κ1) is 21.4. The van der Waals surface area contributed by atoms with Gasteiger partial charge in [-0.2, -0.15) is 11.3 Å². The predicted molar refractivity (Wildman–Crippen MR) is 121 cm³/mol. The Hall–Kier alpha value is -2.86. The van der Waals surface area contributed by atoms with Crippen molar-refractivity contribution >= 4 is 23.1 Å². The van der Waals surface area contributed by atoms with Gasteiger partial charge in [-0.3, -0.25) is 4.79 Å². The molecule has 1 aliphatic heterocycles. The number of para-hydroxylation sites is 1. The first-order valence-electron chi connectivity index (χ1n) is 10.5. The average molecular weight is 438 g/mol. The maximum atomic E-state index is 13.2. The minimum Gasteiger partial charge on any atom is -0.490 e. The van der Waals surface area contributed by atoms with Crippen molar-refractivity contribution in [3.05, 3.63) is 75.3 Å². The van der Waals surface area contributed by atoms with E-state index in [1.807, 2.05) is 54.1 Å². The van der Waals surface area contributed by atoms with E-state index in [1.54, 1.807) is 11.3 Å². The zero-order valence-corrected chi connectivity index (χ0v) is 18.9. The molecule has 0 saturated heterocycles. The third-order valence-electron chi connectivity index (χ3n) is 5.66. The van der Waals surface area contributed by atoms with Crippen LogP contribution in [-0.4, -0.2) is 25.0 Å². The fourth-order valence-electron chi connectivity index (χ4n) is 4.37. The number of allylic oxidation sites excluding steroid dienone is 3. The first-order valence-corrected chi connectivity index (χ1v) is 11.4. The Morgan fingerprint density at radius 1 is 1.16 bits per heavy atom. The van der Waals surface area contributed by atoms with Crippen LogP contribution in [0.2, 0.25) is 0 Å². The van der Waals surface area contributed by atoms with Gasteiger partial charge < -0.3 is 14.8 Å². The number of thiophene rings is 1. The maximum absolute atomic E-state index is 13.2. The number of Topliss-reactive ketones (excluding diaryl/α,β-unsaturated/α-hetero) is 1. The first-order chi connectivity index (χ1) is 14.9. The number of dihydropyridines is 1. The molecule has 6 heteroatoms. The van der Waals surface area contributed by atoms with Gasteiger partial charge in [-0.1, -0.05) is 32.0 Å². The summed E-state index contributed by atoms with van der Waals surface area (Å²) >= 11 is 1.56. The lowest BCUT2D eigenvalue weighted by Crippen LogP contribution is -2.38. The van der Waals surface area contributed by atoms with E-state index in [4.69, 9.17) is 9.47 Å². The van der Waals surface area contributed by atoms with E-state index in [2.05, 4.69) is 19.2 Å². The van der Waals surface area contributed by atoms with Crippen molar-refractivity contribution in [1.82, 2.24) is 5.32 Å². The topological polar surface area (TPSA) is 64.6 Å². The summed E-state index contributed by atoms with van der Waals surface area (Å²) in [6.45, 7) is 6.48. The van der Waals surface area contributed by atoms with Gasteiger partial charge in [0.15, 0.2) is 5.78 Å². The molecule has 0 unspecified atom stereocenters. The molecule has 1 aromatic heterocycles. The Kier molecular flexibility index (Phi) is 6.01. The summed E-state index contributed by atoms with van der Waals surface area (Å²) in [5, 5.41) is 7.33. The number of ketones is 1. The number of carbonyl (C=O) groups is 2. The highest BCUT2D eigenvalue weighted by molar-refractivity contribution is 7.08. The SMILES string of the molecule is CC1=C(C(=O)OCCOc2ccccc2)[C@H](c2ccsc2)C2=C(CC(C)(C)CC2=O)N1. The van der Waals surface area contributed by atoms with Crippen LogP contribution in [-0.2, 0) is 14.3 Å². The average Bonchev–Trinajstić information content (AvgIpc) is 3.24. The molecule has 2 aromatic rings. The summed E-state index contributed by atoms with van der Waals surface area (Å²) in [6.07, 6.45) is 1.25. The van der Waals surface area contributed by atoms with Gasteiger partial charge in [0.2, 0.25) is 0 Å². The molecule has 0 radical (unpaired) electrons. The smallest absolute Gasteiger partial charge is 0.336 e. The molecule has 2 heterocycles. The van der Waals surface area contributed by atoms with Gasteiger partial charge in [0, 0.05) is 29.3 Å². The highest BCUT2D eigenvalue weighted by atomic mass is 32.1. The second kappa shape index (κ2) is 8.71. The van der Waals surface area contributed by atoms with Gasteiger partial charge in [-0.25, -0.2) is 4.79 Å². The fraction of sp³-hybridized carbons (Fsp3) is 0.360. The molecule has 1 aromatic carbocycles. The van der Waals surface area contributed by atoms with Crippen molar-refractivity contribution in [2.24, 2.45) is 5.41 Å². The number of carbonyl (C=O) groups excluding carboxylic acids is 2. The molecular weight excluding hydrogens is 410 g/mol. The second-order valence-corrected chi connectivity index (χ2v) is 9.56. The summed E-state index contributed by atoms with van der Waals surface area (Å²) in [6, 6.07) is 11.4. The van der Waals surface area contributed by atoms with Crippen LogP contribution in [0.1, 0.15) is 45.1 Å². The number of hydrogen-bond donors (Lipinski definition) is 1. The second-order valence-electron chi connectivity index (χ2n) is 8.78.